The molecular formula is C9H12O4Y. The molecule has 0 aromatic carbocycles. The third kappa shape index (κ3) is 2.00. The summed E-state index contributed by atoms with van der Waals surface area (Å²) in [4.78, 5) is 11.3. The summed E-state index contributed by atoms with van der Waals surface area (Å²) in [5.74, 6) is -0.834. The van der Waals surface area contributed by atoms with Gasteiger partial charge in [-0.3, -0.25) is 4.79 Å². The van der Waals surface area contributed by atoms with E-state index in [9.17, 15) is 4.79 Å². The first kappa shape index (κ1) is 12.5. The second-order valence-corrected chi connectivity index (χ2v) is 3.76. The fraction of sp³-hybridized carbons (Fsp3) is 0.667. The molecule has 5 heteroatoms. The Kier molecular flexibility index (Phi) is 3.65. The molecule has 0 amide bonds. The average molecular weight is 273 g/mol. The predicted molar refractivity (Wildman–Crippen MR) is 44.0 cm³/mol. The number of carbonyl (C=O) groups is 1. The van der Waals surface area contributed by atoms with E-state index in [1.165, 1.54) is 6.08 Å². The molecule has 1 saturated heterocycles. The van der Waals surface area contributed by atoms with Crippen molar-refractivity contribution < 1.29 is 52.1 Å². The van der Waals surface area contributed by atoms with Crippen LogP contribution >= 0.6 is 0 Å². The van der Waals surface area contributed by atoms with Gasteiger partial charge in [0.25, 0.3) is 0 Å². The fourth-order valence-electron chi connectivity index (χ4n) is 1.72. The van der Waals surface area contributed by atoms with Gasteiger partial charge in [0.1, 0.15) is 6.10 Å². The second-order valence-electron chi connectivity index (χ2n) is 3.76. The van der Waals surface area contributed by atoms with Gasteiger partial charge in [0.2, 0.25) is 0 Å². The van der Waals surface area contributed by atoms with Gasteiger partial charge < -0.3 is 14.6 Å². The van der Waals surface area contributed by atoms with Gasteiger partial charge in [-0.1, -0.05) is 0 Å². The fourth-order valence-corrected chi connectivity index (χ4v) is 1.72. The van der Waals surface area contributed by atoms with E-state index < -0.39 is 11.9 Å². The van der Waals surface area contributed by atoms with Crippen LogP contribution in [0.25, 0.3) is 0 Å². The van der Waals surface area contributed by atoms with Crippen LogP contribution < -0.4 is 0 Å². The van der Waals surface area contributed by atoms with E-state index in [-0.39, 0.29) is 51.2 Å². The van der Waals surface area contributed by atoms with Crippen molar-refractivity contribution in [2.24, 2.45) is 0 Å². The number of aliphatic hydroxyl groups excluding tert-OH is 1. The smallest absolute Gasteiger partial charge is 0.187 e. The second kappa shape index (κ2) is 4.10. The summed E-state index contributed by atoms with van der Waals surface area (Å²) in [7, 11) is 0. The van der Waals surface area contributed by atoms with Gasteiger partial charge in [-0.15, -0.1) is 0 Å². The molecule has 4 nitrogen and oxygen atoms in total. The quantitative estimate of drug-likeness (QED) is 0.731. The van der Waals surface area contributed by atoms with Crippen LogP contribution in [0, 0.1) is 0 Å². The third-order valence-electron chi connectivity index (χ3n) is 2.25. The molecule has 0 saturated carbocycles. The summed E-state index contributed by atoms with van der Waals surface area (Å²) in [5, 5.41) is 8.95. The number of hydrogen-bond acceptors (Lipinski definition) is 4. The minimum Gasteiger partial charge on any atom is -0.392 e. The van der Waals surface area contributed by atoms with E-state index in [0.29, 0.717) is 5.57 Å². The van der Waals surface area contributed by atoms with Crippen LogP contribution in [-0.2, 0) is 47.0 Å². The molecule has 1 N–H and O–H groups in total. The van der Waals surface area contributed by atoms with Crippen molar-refractivity contribution in [1.82, 2.24) is 0 Å². The molecule has 0 aromatic heterocycles. The van der Waals surface area contributed by atoms with Gasteiger partial charge in [-0.25, -0.2) is 0 Å². The molecule has 1 radical (unpaired) electrons. The summed E-state index contributed by atoms with van der Waals surface area (Å²) < 4.78 is 10.9. The van der Waals surface area contributed by atoms with Gasteiger partial charge in [0.15, 0.2) is 17.7 Å². The van der Waals surface area contributed by atoms with Crippen molar-refractivity contribution in [3.05, 3.63) is 11.6 Å². The van der Waals surface area contributed by atoms with Crippen LogP contribution in [0.1, 0.15) is 13.8 Å². The first-order valence-corrected chi connectivity index (χ1v) is 4.24. The summed E-state index contributed by atoms with van der Waals surface area (Å²) in [6, 6.07) is 0. The number of ether oxygens (including phenoxy) is 2. The maximum atomic E-state index is 11.3. The number of ketones is 1. The van der Waals surface area contributed by atoms with Gasteiger partial charge in [0, 0.05) is 32.7 Å². The number of hydrogen-bond donors (Lipinski definition) is 1. The molecular weight excluding hydrogens is 261 g/mol. The standard InChI is InChI=1S/C9H12O4.Y/c1-9(2)12-7-5(4-10)3-6(11)8(7)13-9;/h3,7-8,10H,4H2,1-2H3;. The molecule has 2 atom stereocenters. The maximum absolute atomic E-state index is 11.3. The molecule has 1 fully saturated rings. The Morgan fingerprint density at radius 1 is 1.43 bits per heavy atom. The van der Waals surface area contributed by atoms with Crippen molar-refractivity contribution in [3.63, 3.8) is 0 Å². The minimum absolute atomic E-state index is 0. The van der Waals surface area contributed by atoms with Crippen molar-refractivity contribution in [3.8, 4) is 0 Å². The Hall–Kier alpha value is 0.394. The topological polar surface area (TPSA) is 55.8 Å². The molecule has 1 heterocycles. The van der Waals surface area contributed by atoms with Crippen LogP contribution in [0.5, 0.6) is 0 Å². The zero-order valence-electron chi connectivity index (χ0n) is 8.19. The maximum Gasteiger partial charge on any atom is 0.187 e. The molecule has 0 aromatic rings. The third-order valence-corrected chi connectivity index (χ3v) is 2.25. The monoisotopic (exact) mass is 273 g/mol. The zero-order valence-corrected chi connectivity index (χ0v) is 11.0. The average Bonchev–Trinajstić information content (AvgIpc) is 2.47. The van der Waals surface area contributed by atoms with E-state index in [1.54, 1.807) is 13.8 Å². The van der Waals surface area contributed by atoms with Crippen LogP contribution in [0.3, 0.4) is 0 Å². The van der Waals surface area contributed by atoms with Gasteiger partial charge in [0.05, 0.1) is 6.61 Å². The first-order chi connectivity index (χ1) is 6.03. The van der Waals surface area contributed by atoms with Crippen molar-refractivity contribution in [1.29, 1.82) is 0 Å². The molecule has 1 aliphatic carbocycles. The van der Waals surface area contributed by atoms with Crippen LogP contribution in [0.15, 0.2) is 11.6 Å². The minimum atomic E-state index is -0.723. The molecule has 2 unspecified atom stereocenters. The molecule has 14 heavy (non-hydrogen) atoms. The van der Waals surface area contributed by atoms with E-state index in [1.807, 2.05) is 0 Å². The molecule has 2 aliphatic rings. The van der Waals surface area contributed by atoms with Crippen LogP contribution in [-0.4, -0.2) is 35.5 Å². The van der Waals surface area contributed by atoms with Crippen molar-refractivity contribution in [2.75, 3.05) is 6.61 Å². The van der Waals surface area contributed by atoms with E-state index in [4.69, 9.17) is 14.6 Å². The van der Waals surface area contributed by atoms with Crippen molar-refractivity contribution in [2.45, 2.75) is 31.8 Å². The van der Waals surface area contributed by atoms with E-state index >= 15 is 0 Å². The Morgan fingerprint density at radius 3 is 2.57 bits per heavy atom. The SMILES string of the molecule is CC1(C)OC2C(=O)C=C(CO)C2O1.[Y]. The van der Waals surface area contributed by atoms with Gasteiger partial charge in [-0.2, -0.15) is 0 Å². The Bertz CT molecular complexity index is 285. The molecule has 2 rings (SSSR count). The Balaban J connectivity index is 0.000000980. The van der Waals surface area contributed by atoms with E-state index in [2.05, 4.69) is 0 Å². The first-order valence-electron chi connectivity index (χ1n) is 4.24. The number of carbonyl (C=O) groups excluding carboxylic acids is 1. The van der Waals surface area contributed by atoms with Gasteiger partial charge in [-0.05, 0) is 25.5 Å². The summed E-state index contributed by atoms with van der Waals surface area (Å²) in [6.45, 7) is 3.37. The van der Waals surface area contributed by atoms with Gasteiger partial charge >= 0.3 is 0 Å². The number of fused-ring (bicyclic) bond motifs is 1. The van der Waals surface area contributed by atoms with Crippen LogP contribution in [0.2, 0.25) is 0 Å². The number of aliphatic hydroxyl groups is 1. The zero-order chi connectivity index (χ0) is 9.64. The normalized spacial score (nSPS) is 33.6. The van der Waals surface area contributed by atoms with Crippen molar-refractivity contribution >= 4 is 5.78 Å². The Labute approximate surface area is 108 Å². The summed E-state index contributed by atoms with van der Waals surface area (Å²) >= 11 is 0. The molecule has 1 aliphatic heterocycles. The summed E-state index contributed by atoms with van der Waals surface area (Å²) in [5.41, 5.74) is 0.612. The Morgan fingerprint density at radius 2 is 2.00 bits per heavy atom. The van der Waals surface area contributed by atoms with E-state index in [0.717, 1.165) is 0 Å². The molecule has 0 bridgehead atoms. The summed E-state index contributed by atoms with van der Waals surface area (Å²) in [6.07, 6.45) is 0.481. The molecule has 75 valence electrons. The largest absolute Gasteiger partial charge is 0.392 e. The number of rotatable bonds is 1. The van der Waals surface area contributed by atoms with Crippen LogP contribution in [0.4, 0.5) is 0 Å². The molecule has 0 spiro atoms. The predicted octanol–water partition coefficient (Wildman–Crippen LogP) is 0.00540.